The smallest absolute Gasteiger partial charge is 0.307 e. The molecule has 1 aromatic rings. The van der Waals surface area contributed by atoms with Crippen LogP contribution in [-0.4, -0.2) is 38.9 Å². The van der Waals surface area contributed by atoms with E-state index in [0.717, 1.165) is 12.2 Å². The van der Waals surface area contributed by atoms with E-state index in [9.17, 15) is 4.79 Å². The fraction of sp³-hybridized carbons (Fsp3) is 0.533. The highest BCUT2D eigenvalue weighted by Crippen LogP contribution is 2.13. The van der Waals surface area contributed by atoms with Crippen LogP contribution in [0.1, 0.15) is 20.3 Å². The van der Waals surface area contributed by atoms with Gasteiger partial charge in [0.1, 0.15) is 0 Å². The number of para-hydroxylation sites is 1. The second-order valence-electron chi connectivity index (χ2n) is 4.57. The molecule has 0 amide bonds. The first-order valence-corrected chi connectivity index (χ1v) is 6.62. The van der Waals surface area contributed by atoms with Crippen LogP contribution in [-0.2, 0) is 14.3 Å². The minimum atomic E-state index is -0.189. The Morgan fingerprint density at radius 3 is 2.47 bits per heavy atom. The Hall–Kier alpha value is -1.55. The second-order valence-corrected chi connectivity index (χ2v) is 4.57. The van der Waals surface area contributed by atoms with Crippen LogP contribution in [0.25, 0.3) is 0 Å². The summed E-state index contributed by atoms with van der Waals surface area (Å²) in [5.74, 6) is -0.189. The van der Waals surface area contributed by atoms with E-state index >= 15 is 0 Å². The Morgan fingerprint density at radius 2 is 1.89 bits per heavy atom. The quantitative estimate of drug-likeness (QED) is 0.677. The molecule has 0 N–H and O–H groups in total. The number of rotatable bonds is 8. The van der Waals surface area contributed by atoms with Crippen molar-refractivity contribution in [3.8, 4) is 0 Å². The van der Waals surface area contributed by atoms with Gasteiger partial charge in [-0.3, -0.25) is 4.79 Å². The van der Waals surface area contributed by atoms with Gasteiger partial charge in [0.05, 0.1) is 26.2 Å². The first kappa shape index (κ1) is 15.5. The molecule has 0 aromatic heterocycles. The molecule has 0 radical (unpaired) electrons. The fourth-order valence-electron chi connectivity index (χ4n) is 1.74. The van der Waals surface area contributed by atoms with Gasteiger partial charge in [0.15, 0.2) is 0 Å². The molecule has 19 heavy (non-hydrogen) atoms. The number of benzene rings is 1. The van der Waals surface area contributed by atoms with Crippen LogP contribution in [0.2, 0.25) is 0 Å². The van der Waals surface area contributed by atoms with Crippen molar-refractivity contribution in [2.24, 2.45) is 0 Å². The Labute approximate surface area is 115 Å². The Kier molecular flexibility index (Phi) is 6.97. The van der Waals surface area contributed by atoms with Crippen LogP contribution in [0.4, 0.5) is 5.69 Å². The van der Waals surface area contributed by atoms with Gasteiger partial charge in [-0.1, -0.05) is 18.2 Å². The predicted molar refractivity (Wildman–Crippen MR) is 76.4 cm³/mol. The van der Waals surface area contributed by atoms with Crippen molar-refractivity contribution in [1.29, 1.82) is 0 Å². The molecule has 0 fully saturated rings. The van der Waals surface area contributed by atoms with Gasteiger partial charge >= 0.3 is 5.97 Å². The van der Waals surface area contributed by atoms with E-state index in [0.29, 0.717) is 19.6 Å². The van der Waals surface area contributed by atoms with Crippen molar-refractivity contribution in [3.63, 3.8) is 0 Å². The monoisotopic (exact) mass is 265 g/mol. The van der Waals surface area contributed by atoms with Crippen LogP contribution in [0.3, 0.4) is 0 Å². The Bertz CT molecular complexity index is 365. The van der Waals surface area contributed by atoms with E-state index in [1.165, 1.54) is 7.11 Å². The minimum Gasteiger partial charge on any atom is -0.469 e. The molecule has 0 bridgehead atoms. The fourth-order valence-corrected chi connectivity index (χ4v) is 1.74. The van der Waals surface area contributed by atoms with Gasteiger partial charge in [-0.25, -0.2) is 0 Å². The summed E-state index contributed by atoms with van der Waals surface area (Å²) in [7, 11) is 1.41. The molecule has 4 nitrogen and oxygen atoms in total. The van der Waals surface area contributed by atoms with Crippen molar-refractivity contribution in [1.82, 2.24) is 0 Å². The zero-order valence-electron chi connectivity index (χ0n) is 12.0. The average Bonchev–Trinajstić information content (AvgIpc) is 2.42. The molecule has 4 heteroatoms. The number of hydrogen-bond acceptors (Lipinski definition) is 4. The number of hydrogen-bond donors (Lipinski definition) is 0. The van der Waals surface area contributed by atoms with Gasteiger partial charge in [0.2, 0.25) is 0 Å². The molecule has 0 saturated heterocycles. The van der Waals surface area contributed by atoms with Gasteiger partial charge in [0.25, 0.3) is 0 Å². The van der Waals surface area contributed by atoms with Crippen molar-refractivity contribution in [3.05, 3.63) is 30.3 Å². The van der Waals surface area contributed by atoms with Crippen LogP contribution in [0, 0.1) is 0 Å². The lowest BCUT2D eigenvalue weighted by Gasteiger charge is -2.24. The maximum atomic E-state index is 11.2. The summed E-state index contributed by atoms with van der Waals surface area (Å²) in [4.78, 5) is 13.4. The molecule has 0 saturated carbocycles. The van der Waals surface area contributed by atoms with Crippen LogP contribution < -0.4 is 4.90 Å². The maximum absolute atomic E-state index is 11.2. The van der Waals surface area contributed by atoms with E-state index in [1.807, 2.05) is 44.2 Å². The number of anilines is 1. The molecule has 0 aliphatic carbocycles. The van der Waals surface area contributed by atoms with Crippen LogP contribution in [0.5, 0.6) is 0 Å². The molecule has 0 spiro atoms. The molecule has 0 aliphatic rings. The topological polar surface area (TPSA) is 38.8 Å². The molecule has 0 aliphatic heterocycles. The van der Waals surface area contributed by atoms with Gasteiger partial charge in [-0.15, -0.1) is 0 Å². The minimum absolute atomic E-state index is 0.189. The zero-order chi connectivity index (χ0) is 14.1. The van der Waals surface area contributed by atoms with E-state index in [1.54, 1.807) is 0 Å². The van der Waals surface area contributed by atoms with Crippen molar-refractivity contribution in [2.45, 2.75) is 26.4 Å². The van der Waals surface area contributed by atoms with Crippen molar-refractivity contribution < 1.29 is 14.3 Å². The first-order chi connectivity index (χ1) is 9.13. The molecule has 0 heterocycles. The zero-order valence-corrected chi connectivity index (χ0v) is 12.0. The number of methoxy groups -OCH3 is 1. The van der Waals surface area contributed by atoms with Crippen LogP contribution >= 0.6 is 0 Å². The second kappa shape index (κ2) is 8.53. The van der Waals surface area contributed by atoms with E-state index in [2.05, 4.69) is 9.64 Å². The summed E-state index contributed by atoms with van der Waals surface area (Å²) < 4.78 is 10.3. The van der Waals surface area contributed by atoms with Crippen molar-refractivity contribution >= 4 is 11.7 Å². The highest BCUT2D eigenvalue weighted by molar-refractivity contribution is 5.70. The molecule has 1 rings (SSSR count). The average molecular weight is 265 g/mol. The Balaban J connectivity index is 2.55. The summed E-state index contributed by atoms with van der Waals surface area (Å²) in [6, 6.07) is 10.0. The van der Waals surface area contributed by atoms with Gasteiger partial charge in [-0.05, 0) is 26.0 Å². The SMILES string of the molecule is COC(=O)CCN(CCOC(C)C)c1ccccc1. The number of nitrogens with zero attached hydrogens (tertiary/aromatic N) is 1. The largest absolute Gasteiger partial charge is 0.469 e. The standard InChI is InChI=1S/C15H23NO3/c1-13(2)19-12-11-16(10-9-15(17)18-3)14-7-5-4-6-8-14/h4-8,13H,9-12H2,1-3H3. The number of carbonyl (C=O) groups is 1. The lowest BCUT2D eigenvalue weighted by atomic mass is 10.2. The summed E-state index contributed by atoms with van der Waals surface area (Å²) in [6.45, 7) is 6.08. The third-order valence-corrected chi connectivity index (χ3v) is 2.75. The summed E-state index contributed by atoms with van der Waals surface area (Å²) in [5, 5.41) is 0. The highest BCUT2D eigenvalue weighted by Gasteiger charge is 2.09. The highest BCUT2D eigenvalue weighted by atomic mass is 16.5. The lowest BCUT2D eigenvalue weighted by Crippen LogP contribution is -2.30. The Morgan fingerprint density at radius 1 is 1.21 bits per heavy atom. The van der Waals surface area contributed by atoms with Gasteiger partial charge in [-0.2, -0.15) is 0 Å². The summed E-state index contributed by atoms with van der Waals surface area (Å²) in [5.41, 5.74) is 1.10. The first-order valence-electron chi connectivity index (χ1n) is 6.62. The van der Waals surface area contributed by atoms with Gasteiger partial charge in [0, 0.05) is 18.8 Å². The summed E-state index contributed by atoms with van der Waals surface area (Å²) >= 11 is 0. The van der Waals surface area contributed by atoms with E-state index in [4.69, 9.17) is 4.74 Å². The van der Waals surface area contributed by atoms with Crippen LogP contribution in [0.15, 0.2) is 30.3 Å². The third-order valence-electron chi connectivity index (χ3n) is 2.75. The molecule has 1 aromatic carbocycles. The maximum Gasteiger partial charge on any atom is 0.307 e. The normalized spacial score (nSPS) is 10.5. The number of ether oxygens (including phenoxy) is 2. The molecular weight excluding hydrogens is 242 g/mol. The summed E-state index contributed by atoms with van der Waals surface area (Å²) in [6.07, 6.45) is 0.603. The van der Waals surface area contributed by atoms with Gasteiger partial charge < -0.3 is 14.4 Å². The molecular formula is C15H23NO3. The molecule has 0 atom stereocenters. The molecule has 106 valence electrons. The predicted octanol–water partition coefficient (Wildman–Crippen LogP) is 2.48. The van der Waals surface area contributed by atoms with Crippen molar-refractivity contribution in [2.75, 3.05) is 31.7 Å². The van der Waals surface area contributed by atoms with E-state index in [-0.39, 0.29) is 12.1 Å². The van der Waals surface area contributed by atoms with E-state index < -0.39 is 0 Å². The molecule has 0 unspecified atom stereocenters. The third kappa shape index (κ3) is 6.25. The number of carbonyl (C=O) groups excluding carboxylic acids is 1. The lowest BCUT2D eigenvalue weighted by molar-refractivity contribution is -0.140. The number of esters is 1.